The van der Waals surface area contributed by atoms with Crippen molar-refractivity contribution in [1.29, 1.82) is 0 Å². The van der Waals surface area contributed by atoms with Crippen LogP contribution < -0.4 is 16.2 Å². The molecule has 0 saturated carbocycles. The number of hydrogen-bond donors (Lipinski definition) is 3. The highest BCUT2D eigenvalue weighted by Crippen LogP contribution is 2.19. The Bertz CT molecular complexity index is 667. The van der Waals surface area contributed by atoms with Gasteiger partial charge in [-0.05, 0) is 42.0 Å². The van der Waals surface area contributed by atoms with E-state index in [9.17, 15) is 8.42 Å². The molecule has 0 atom stereocenters. The third-order valence-electron chi connectivity index (χ3n) is 2.63. The lowest BCUT2D eigenvalue weighted by Crippen LogP contribution is -2.11. The van der Waals surface area contributed by atoms with Gasteiger partial charge >= 0.3 is 0 Å². The van der Waals surface area contributed by atoms with Crippen LogP contribution in [0.15, 0.2) is 53.4 Å². The van der Waals surface area contributed by atoms with Crippen molar-refractivity contribution in [3.63, 3.8) is 0 Å². The molecule has 0 radical (unpaired) electrons. The van der Waals surface area contributed by atoms with Crippen molar-refractivity contribution in [2.75, 3.05) is 5.32 Å². The number of primary sulfonamides is 1. The van der Waals surface area contributed by atoms with Gasteiger partial charge in [0.05, 0.1) is 4.90 Å². The topological polar surface area (TPSA) is 98.2 Å². The third kappa shape index (κ3) is 3.54. The smallest absolute Gasteiger partial charge is 0.238 e. The Morgan fingerprint density at radius 3 is 2.26 bits per heavy atom. The Morgan fingerprint density at radius 2 is 1.68 bits per heavy atom. The molecule has 2 aromatic carbocycles. The lowest BCUT2D eigenvalue weighted by Gasteiger charge is -2.08. The Labute approximate surface area is 112 Å². The molecule has 2 rings (SSSR count). The summed E-state index contributed by atoms with van der Waals surface area (Å²) in [6, 6.07) is 13.9. The van der Waals surface area contributed by atoms with Gasteiger partial charge in [0.1, 0.15) is 0 Å². The maximum atomic E-state index is 11.1. The summed E-state index contributed by atoms with van der Waals surface area (Å²) in [5, 5.41) is 8.20. The molecule has 0 aliphatic carbocycles. The van der Waals surface area contributed by atoms with Crippen molar-refractivity contribution in [1.82, 2.24) is 0 Å². The fourth-order valence-electron chi connectivity index (χ4n) is 1.67. The molecule has 0 amide bonds. The van der Waals surface area contributed by atoms with E-state index in [1.165, 1.54) is 12.1 Å². The van der Waals surface area contributed by atoms with Crippen molar-refractivity contribution in [2.24, 2.45) is 10.9 Å². The van der Waals surface area contributed by atoms with Gasteiger partial charge in [0.25, 0.3) is 0 Å². The van der Waals surface area contributed by atoms with Crippen LogP contribution in [0, 0.1) is 0 Å². The van der Waals surface area contributed by atoms with E-state index >= 15 is 0 Å². The summed E-state index contributed by atoms with van der Waals surface area (Å²) >= 11 is 0. The first-order valence-corrected chi connectivity index (χ1v) is 7.22. The van der Waals surface area contributed by atoms with Crippen LogP contribution in [0.5, 0.6) is 0 Å². The molecule has 6 heteroatoms. The van der Waals surface area contributed by atoms with Crippen LogP contribution in [0.1, 0.15) is 5.56 Å². The molecule has 19 heavy (non-hydrogen) atoms. The minimum absolute atomic E-state index is 0.0914. The number of benzene rings is 2. The summed E-state index contributed by atoms with van der Waals surface area (Å²) in [6.07, 6.45) is 0. The van der Waals surface area contributed by atoms with Crippen molar-refractivity contribution < 1.29 is 8.42 Å². The molecule has 0 unspecified atom stereocenters. The second-order valence-corrected chi connectivity index (χ2v) is 5.66. The number of nitrogens with one attached hydrogen (secondary N) is 1. The molecule has 2 aromatic rings. The van der Waals surface area contributed by atoms with E-state index in [0.29, 0.717) is 6.54 Å². The fraction of sp³-hybridized carbons (Fsp3) is 0.0769. The first kappa shape index (κ1) is 13.5. The summed E-state index contributed by atoms with van der Waals surface area (Å²) in [7, 11) is -3.65. The van der Waals surface area contributed by atoms with Crippen molar-refractivity contribution in [3.05, 3.63) is 54.1 Å². The van der Waals surface area contributed by atoms with Crippen LogP contribution in [0.2, 0.25) is 0 Å². The van der Waals surface area contributed by atoms with Gasteiger partial charge in [0.2, 0.25) is 10.0 Å². The number of nitrogens with two attached hydrogens (primary N) is 2. The molecule has 0 aliphatic heterocycles. The highest BCUT2D eigenvalue weighted by atomic mass is 32.2. The van der Waals surface area contributed by atoms with Crippen LogP contribution in [0.3, 0.4) is 0 Å². The van der Waals surface area contributed by atoms with Crippen molar-refractivity contribution in [2.45, 2.75) is 11.4 Å². The summed E-state index contributed by atoms with van der Waals surface area (Å²) < 4.78 is 22.3. The summed E-state index contributed by atoms with van der Waals surface area (Å²) in [5.74, 6) is 0. The van der Waals surface area contributed by atoms with Gasteiger partial charge in [0.15, 0.2) is 0 Å². The van der Waals surface area contributed by atoms with E-state index < -0.39 is 10.0 Å². The van der Waals surface area contributed by atoms with E-state index in [-0.39, 0.29) is 4.90 Å². The zero-order chi connectivity index (χ0) is 13.9. The molecule has 0 spiro atoms. The highest BCUT2D eigenvalue weighted by Gasteiger charge is 2.06. The zero-order valence-corrected chi connectivity index (χ0v) is 11.0. The Hall–Kier alpha value is -1.89. The van der Waals surface area contributed by atoms with Gasteiger partial charge in [-0.2, -0.15) is 0 Å². The Morgan fingerprint density at radius 1 is 1.00 bits per heavy atom. The van der Waals surface area contributed by atoms with Crippen molar-refractivity contribution in [3.8, 4) is 0 Å². The summed E-state index contributed by atoms with van der Waals surface area (Å²) in [5.41, 5.74) is 8.27. The quantitative estimate of drug-likeness (QED) is 0.789. The minimum Gasteiger partial charge on any atom is -0.356 e. The van der Waals surface area contributed by atoms with E-state index in [2.05, 4.69) is 5.32 Å². The summed E-state index contributed by atoms with van der Waals surface area (Å²) in [4.78, 5) is 0.0914. The molecule has 0 saturated heterocycles. The Balaban J connectivity index is 2.19. The Kier molecular flexibility index (Phi) is 3.84. The van der Waals surface area contributed by atoms with Gasteiger partial charge in [-0.25, -0.2) is 13.6 Å². The maximum Gasteiger partial charge on any atom is 0.238 e. The average Bonchev–Trinajstić information content (AvgIpc) is 2.38. The van der Waals surface area contributed by atoms with Gasteiger partial charge < -0.3 is 11.1 Å². The molecular formula is C13H15N3O2S. The summed E-state index contributed by atoms with van der Waals surface area (Å²) in [6.45, 7) is 0.472. The zero-order valence-electron chi connectivity index (χ0n) is 10.2. The largest absolute Gasteiger partial charge is 0.356 e. The van der Waals surface area contributed by atoms with Crippen LogP contribution in [-0.4, -0.2) is 8.42 Å². The SMILES string of the molecule is NCc1cccc(Nc2ccc(S(N)(=O)=O)cc2)c1. The molecule has 5 nitrogen and oxygen atoms in total. The minimum atomic E-state index is -3.65. The number of anilines is 2. The maximum absolute atomic E-state index is 11.1. The van der Waals surface area contributed by atoms with Crippen LogP contribution in [0.25, 0.3) is 0 Å². The molecule has 0 bridgehead atoms. The molecule has 100 valence electrons. The number of sulfonamides is 1. The van der Waals surface area contributed by atoms with Crippen LogP contribution in [-0.2, 0) is 16.6 Å². The van der Waals surface area contributed by atoms with Gasteiger partial charge in [-0.15, -0.1) is 0 Å². The van der Waals surface area contributed by atoms with Gasteiger partial charge in [-0.3, -0.25) is 0 Å². The number of rotatable bonds is 4. The van der Waals surface area contributed by atoms with Crippen molar-refractivity contribution >= 4 is 21.4 Å². The lowest BCUT2D eigenvalue weighted by molar-refractivity contribution is 0.598. The normalized spacial score (nSPS) is 11.3. The highest BCUT2D eigenvalue weighted by molar-refractivity contribution is 7.89. The number of hydrogen-bond acceptors (Lipinski definition) is 4. The van der Waals surface area contributed by atoms with E-state index in [1.54, 1.807) is 12.1 Å². The second-order valence-electron chi connectivity index (χ2n) is 4.10. The predicted octanol–water partition coefficient (Wildman–Crippen LogP) is 1.54. The van der Waals surface area contributed by atoms with Gasteiger partial charge in [0, 0.05) is 17.9 Å². The second kappa shape index (κ2) is 5.40. The standard InChI is InChI=1S/C13H15N3O2S/c14-9-10-2-1-3-12(8-10)16-11-4-6-13(7-5-11)19(15,17)18/h1-8,16H,9,14H2,(H2,15,17,18). The monoisotopic (exact) mass is 277 g/mol. The fourth-order valence-corrected chi connectivity index (χ4v) is 2.19. The first-order valence-electron chi connectivity index (χ1n) is 5.68. The molecule has 0 heterocycles. The van der Waals surface area contributed by atoms with E-state index in [0.717, 1.165) is 16.9 Å². The molecule has 0 aromatic heterocycles. The first-order chi connectivity index (χ1) is 8.99. The molecule has 0 aliphatic rings. The third-order valence-corrected chi connectivity index (χ3v) is 3.56. The lowest BCUT2D eigenvalue weighted by atomic mass is 10.2. The molecular weight excluding hydrogens is 262 g/mol. The average molecular weight is 277 g/mol. The van der Waals surface area contributed by atoms with Crippen LogP contribution >= 0.6 is 0 Å². The van der Waals surface area contributed by atoms with E-state index in [1.807, 2.05) is 24.3 Å². The molecule has 5 N–H and O–H groups in total. The molecule has 0 fully saturated rings. The van der Waals surface area contributed by atoms with Gasteiger partial charge in [-0.1, -0.05) is 12.1 Å². The predicted molar refractivity (Wildman–Crippen MR) is 75.4 cm³/mol. The van der Waals surface area contributed by atoms with Crippen LogP contribution in [0.4, 0.5) is 11.4 Å². The van der Waals surface area contributed by atoms with E-state index in [4.69, 9.17) is 10.9 Å².